The molecule has 0 aliphatic heterocycles. The highest BCUT2D eigenvalue weighted by Gasteiger charge is 2.16. The van der Waals surface area contributed by atoms with Crippen LogP contribution in [0.2, 0.25) is 0 Å². The average molecular weight is 234 g/mol. The minimum atomic E-state index is 0.0789. The van der Waals surface area contributed by atoms with E-state index in [1.807, 2.05) is 38.4 Å². The summed E-state index contributed by atoms with van der Waals surface area (Å²) in [6.45, 7) is 5.10. The Kier molecular flexibility index (Phi) is 5.01. The molecule has 17 heavy (non-hydrogen) atoms. The normalized spacial score (nSPS) is 12.0. The quantitative estimate of drug-likeness (QED) is 0.849. The van der Waals surface area contributed by atoms with Gasteiger partial charge in [0, 0.05) is 26.3 Å². The first-order chi connectivity index (χ1) is 8.10. The first-order valence-corrected chi connectivity index (χ1v) is 6.12. The van der Waals surface area contributed by atoms with Crippen molar-refractivity contribution in [1.82, 2.24) is 4.90 Å². The zero-order chi connectivity index (χ0) is 12.8. The van der Waals surface area contributed by atoms with E-state index in [2.05, 4.69) is 19.2 Å². The van der Waals surface area contributed by atoms with Gasteiger partial charge < -0.3 is 10.2 Å². The van der Waals surface area contributed by atoms with Crippen molar-refractivity contribution in [3.05, 3.63) is 29.8 Å². The van der Waals surface area contributed by atoms with Crippen molar-refractivity contribution in [2.45, 2.75) is 20.3 Å². The second-order valence-electron chi connectivity index (χ2n) is 4.49. The highest BCUT2D eigenvalue weighted by molar-refractivity contribution is 5.99. The summed E-state index contributed by atoms with van der Waals surface area (Å²) < 4.78 is 0. The lowest BCUT2D eigenvalue weighted by Gasteiger charge is -2.22. The molecular formula is C14H22N2O. The first kappa shape index (κ1) is 13.6. The Hall–Kier alpha value is -1.51. The number of anilines is 1. The number of hydrogen-bond acceptors (Lipinski definition) is 2. The van der Waals surface area contributed by atoms with Gasteiger partial charge >= 0.3 is 0 Å². The van der Waals surface area contributed by atoms with Crippen LogP contribution in [0.1, 0.15) is 30.6 Å². The van der Waals surface area contributed by atoms with Crippen LogP contribution in [-0.2, 0) is 0 Å². The van der Waals surface area contributed by atoms with Crippen LogP contribution >= 0.6 is 0 Å². The molecule has 0 fully saturated rings. The summed E-state index contributed by atoms with van der Waals surface area (Å²) >= 11 is 0. The third-order valence-corrected chi connectivity index (χ3v) is 3.06. The van der Waals surface area contributed by atoms with Crippen LogP contribution in [0.15, 0.2) is 24.3 Å². The number of nitrogens with one attached hydrogen (secondary N) is 1. The molecule has 0 saturated heterocycles. The average Bonchev–Trinajstić information content (AvgIpc) is 2.37. The number of amides is 1. The molecular weight excluding hydrogens is 212 g/mol. The van der Waals surface area contributed by atoms with Crippen molar-refractivity contribution in [2.75, 3.05) is 26.0 Å². The van der Waals surface area contributed by atoms with E-state index in [0.717, 1.165) is 24.2 Å². The van der Waals surface area contributed by atoms with Crippen molar-refractivity contribution >= 4 is 11.6 Å². The Labute approximate surface area is 104 Å². The maximum atomic E-state index is 12.3. The first-order valence-electron chi connectivity index (χ1n) is 6.12. The number of hydrogen-bond donors (Lipinski definition) is 1. The number of rotatable bonds is 5. The number of benzene rings is 1. The highest BCUT2D eigenvalue weighted by Crippen LogP contribution is 2.16. The summed E-state index contributed by atoms with van der Waals surface area (Å²) in [6.07, 6.45) is 1.09. The zero-order valence-electron chi connectivity index (χ0n) is 11.2. The van der Waals surface area contributed by atoms with Gasteiger partial charge in [0.1, 0.15) is 0 Å². The standard InChI is InChI=1S/C14H22N2O/c1-5-11(2)10-16(4)14(17)12-8-6-7-9-13(12)15-3/h6-9,11,15H,5,10H2,1-4H3. The lowest BCUT2D eigenvalue weighted by atomic mass is 10.1. The summed E-state index contributed by atoms with van der Waals surface area (Å²) in [6, 6.07) is 7.61. The summed E-state index contributed by atoms with van der Waals surface area (Å²) in [7, 11) is 3.70. The van der Waals surface area contributed by atoms with E-state index in [4.69, 9.17) is 0 Å². The fourth-order valence-corrected chi connectivity index (χ4v) is 1.77. The number of para-hydroxylation sites is 1. The molecule has 1 N–H and O–H groups in total. The molecule has 0 saturated carbocycles. The lowest BCUT2D eigenvalue weighted by Crippen LogP contribution is -2.31. The van der Waals surface area contributed by atoms with E-state index in [9.17, 15) is 4.79 Å². The van der Waals surface area contributed by atoms with Crippen LogP contribution in [-0.4, -0.2) is 31.4 Å². The van der Waals surface area contributed by atoms with Crippen molar-refractivity contribution in [1.29, 1.82) is 0 Å². The van der Waals surface area contributed by atoms with E-state index in [1.54, 1.807) is 4.90 Å². The van der Waals surface area contributed by atoms with Crippen molar-refractivity contribution in [2.24, 2.45) is 5.92 Å². The fourth-order valence-electron chi connectivity index (χ4n) is 1.77. The summed E-state index contributed by atoms with van der Waals surface area (Å²) in [5, 5.41) is 3.05. The van der Waals surface area contributed by atoms with E-state index in [-0.39, 0.29) is 5.91 Å². The summed E-state index contributed by atoms with van der Waals surface area (Å²) in [4.78, 5) is 14.1. The van der Waals surface area contributed by atoms with Crippen molar-refractivity contribution < 1.29 is 4.79 Å². The molecule has 94 valence electrons. The van der Waals surface area contributed by atoms with E-state index in [0.29, 0.717) is 5.92 Å². The molecule has 1 aromatic carbocycles. The van der Waals surface area contributed by atoms with Gasteiger partial charge in [-0.05, 0) is 18.1 Å². The predicted molar refractivity (Wildman–Crippen MR) is 72.4 cm³/mol. The monoisotopic (exact) mass is 234 g/mol. The molecule has 3 heteroatoms. The molecule has 0 heterocycles. The number of nitrogens with zero attached hydrogens (tertiary/aromatic N) is 1. The maximum absolute atomic E-state index is 12.3. The van der Waals surface area contributed by atoms with E-state index >= 15 is 0 Å². The van der Waals surface area contributed by atoms with Crippen LogP contribution in [0, 0.1) is 5.92 Å². The Bertz CT molecular complexity index is 376. The molecule has 0 aliphatic carbocycles. The zero-order valence-corrected chi connectivity index (χ0v) is 11.2. The lowest BCUT2D eigenvalue weighted by molar-refractivity contribution is 0.0776. The second kappa shape index (κ2) is 6.28. The third-order valence-electron chi connectivity index (χ3n) is 3.06. The SMILES string of the molecule is CCC(C)CN(C)C(=O)c1ccccc1NC. The minimum absolute atomic E-state index is 0.0789. The van der Waals surface area contributed by atoms with Crippen LogP contribution in [0.25, 0.3) is 0 Å². The minimum Gasteiger partial charge on any atom is -0.387 e. The number of carbonyl (C=O) groups excluding carboxylic acids is 1. The van der Waals surface area contributed by atoms with Gasteiger partial charge in [-0.2, -0.15) is 0 Å². The Morgan fingerprint density at radius 2 is 2.06 bits per heavy atom. The smallest absolute Gasteiger partial charge is 0.255 e. The van der Waals surface area contributed by atoms with Crippen molar-refractivity contribution in [3.8, 4) is 0 Å². The number of carbonyl (C=O) groups is 1. The largest absolute Gasteiger partial charge is 0.387 e. The van der Waals surface area contributed by atoms with Crippen molar-refractivity contribution in [3.63, 3.8) is 0 Å². The Morgan fingerprint density at radius 1 is 1.41 bits per heavy atom. The molecule has 1 atom stereocenters. The summed E-state index contributed by atoms with van der Waals surface area (Å²) in [5.41, 5.74) is 1.62. The summed E-state index contributed by atoms with van der Waals surface area (Å²) in [5.74, 6) is 0.612. The maximum Gasteiger partial charge on any atom is 0.255 e. The third kappa shape index (κ3) is 3.48. The van der Waals surface area contributed by atoms with Gasteiger partial charge in [0.05, 0.1) is 5.56 Å². The van der Waals surface area contributed by atoms with Crippen LogP contribution in [0.5, 0.6) is 0 Å². The Morgan fingerprint density at radius 3 is 2.65 bits per heavy atom. The molecule has 0 bridgehead atoms. The molecule has 1 rings (SSSR count). The predicted octanol–water partition coefficient (Wildman–Crippen LogP) is 2.85. The van der Waals surface area contributed by atoms with Crippen LogP contribution in [0.4, 0.5) is 5.69 Å². The highest BCUT2D eigenvalue weighted by atomic mass is 16.2. The van der Waals surface area contributed by atoms with Gasteiger partial charge in [-0.3, -0.25) is 4.79 Å². The molecule has 0 aliphatic rings. The van der Waals surface area contributed by atoms with Gasteiger partial charge in [-0.25, -0.2) is 0 Å². The van der Waals surface area contributed by atoms with Crippen LogP contribution < -0.4 is 5.32 Å². The van der Waals surface area contributed by atoms with Gasteiger partial charge in [-0.15, -0.1) is 0 Å². The molecule has 0 spiro atoms. The van der Waals surface area contributed by atoms with Gasteiger partial charge in [-0.1, -0.05) is 32.4 Å². The second-order valence-corrected chi connectivity index (χ2v) is 4.49. The van der Waals surface area contributed by atoms with E-state index < -0.39 is 0 Å². The molecule has 3 nitrogen and oxygen atoms in total. The van der Waals surface area contributed by atoms with Crippen LogP contribution in [0.3, 0.4) is 0 Å². The molecule has 1 unspecified atom stereocenters. The molecule has 1 amide bonds. The topological polar surface area (TPSA) is 32.3 Å². The molecule has 0 aromatic heterocycles. The van der Waals surface area contributed by atoms with Gasteiger partial charge in [0.2, 0.25) is 0 Å². The van der Waals surface area contributed by atoms with Gasteiger partial charge in [0.25, 0.3) is 5.91 Å². The molecule has 1 aromatic rings. The Balaban J connectivity index is 2.81. The molecule has 0 radical (unpaired) electrons. The van der Waals surface area contributed by atoms with Gasteiger partial charge in [0.15, 0.2) is 0 Å². The fraction of sp³-hybridized carbons (Fsp3) is 0.500. The van der Waals surface area contributed by atoms with E-state index in [1.165, 1.54) is 0 Å².